The molecule has 3 rings (SSSR count). The first kappa shape index (κ1) is 32.7. The molecule has 4 nitrogen and oxygen atoms in total. The van der Waals surface area contributed by atoms with Gasteiger partial charge in [0.2, 0.25) is 0 Å². The summed E-state index contributed by atoms with van der Waals surface area (Å²) in [4.78, 5) is 13.7. The summed E-state index contributed by atoms with van der Waals surface area (Å²) in [6, 6.07) is 8.69. The number of para-hydroxylation sites is 1. The smallest absolute Gasteiger partial charge is 0.261 e. The lowest BCUT2D eigenvalue weighted by Crippen LogP contribution is -3.03. The second-order valence-corrected chi connectivity index (χ2v) is 11.5. The van der Waals surface area contributed by atoms with E-state index in [0.29, 0.717) is 11.5 Å². The van der Waals surface area contributed by atoms with Crippen molar-refractivity contribution in [3.05, 3.63) is 83.5 Å². The second-order valence-electron chi connectivity index (χ2n) is 11.5. The number of Topliss-reactive ketones (excluding diaryl/α,β-unsaturated/α-hetero) is 1. The predicted octanol–water partition coefficient (Wildman–Crippen LogP) is 8.94. The zero-order valence-corrected chi connectivity index (χ0v) is 26.0. The molecule has 0 aromatic heterocycles. The van der Waals surface area contributed by atoms with Gasteiger partial charge in [-0.3, -0.25) is 9.69 Å². The molecule has 0 saturated carbocycles. The summed E-state index contributed by atoms with van der Waals surface area (Å²) < 4.78 is 10.5. The van der Waals surface area contributed by atoms with Crippen molar-refractivity contribution in [3.8, 4) is 0 Å². The Morgan fingerprint density at radius 2 is 1.20 bits per heavy atom. The SMILES string of the molecule is CCCCCCCCCCCCCCCCCC[NH+]1C=CC(=CC=C2C=C(OC)C(=O)C(OC)=C2)c2ccccc21. The molecule has 1 heterocycles. The van der Waals surface area contributed by atoms with Crippen LogP contribution in [0.25, 0.3) is 5.57 Å². The minimum atomic E-state index is -0.226. The van der Waals surface area contributed by atoms with Crippen LogP contribution in [-0.2, 0) is 14.3 Å². The van der Waals surface area contributed by atoms with Crippen molar-refractivity contribution in [1.82, 2.24) is 0 Å². The highest BCUT2D eigenvalue weighted by Gasteiger charge is 2.22. The van der Waals surface area contributed by atoms with Crippen LogP contribution in [0.15, 0.2) is 77.9 Å². The molecule has 2 aliphatic rings. The molecule has 1 aliphatic carbocycles. The fourth-order valence-corrected chi connectivity index (χ4v) is 5.79. The third-order valence-electron chi connectivity index (χ3n) is 8.29. The topological polar surface area (TPSA) is 40.0 Å². The van der Waals surface area contributed by atoms with Gasteiger partial charge in [-0.05, 0) is 48.3 Å². The molecule has 224 valence electrons. The summed E-state index contributed by atoms with van der Waals surface area (Å²) in [5.41, 5.74) is 4.64. The number of allylic oxidation sites excluding steroid dienone is 7. The number of ether oxygens (including phenoxy) is 2. The molecular formula is C37H54NO3+. The molecular weight excluding hydrogens is 506 g/mol. The van der Waals surface area contributed by atoms with Gasteiger partial charge in [-0.25, -0.2) is 0 Å². The van der Waals surface area contributed by atoms with Crippen molar-refractivity contribution < 1.29 is 19.2 Å². The molecule has 1 atom stereocenters. The van der Waals surface area contributed by atoms with Crippen molar-refractivity contribution in [2.24, 2.45) is 0 Å². The zero-order valence-electron chi connectivity index (χ0n) is 26.0. The lowest BCUT2D eigenvalue weighted by molar-refractivity contribution is -0.776. The second kappa shape index (κ2) is 19.3. The molecule has 0 saturated heterocycles. The Morgan fingerprint density at radius 3 is 1.73 bits per heavy atom. The van der Waals surface area contributed by atoms with E-state index in [2.05, 4.69) is 49.5 Å². The fourth-order valence-electron chi connectivity index (χ4n) is 5.79. The Morgan fingerprint density at radius 1 is 0.683 bits per heavy atom. The van der Waals surface area contributed by atoms with Gasteiger partial charge in [0.25, 0.3) is 5.78 Å². The van der Waals surface area contributed by atoms with E-state index in [-0.39, 0.29) is 5.78 Å². The van der Waals surface area contributed by atoms with Gasteiger partial charge < -0.3 is 9.47 Å². The first-order valence-electron chi connectivity index (χ1n) is 16.3. The van der Waals surface area contributed by atoms with E-state index >= 15 is 0 Å². The summed E-state index contributed by atoms with van der Waals surface area (Å²) in [6.07, 6.45) is 34.5. The van der Waals surface area contributed by atoms with E-state index in [1.54, 1.807) is 12.2 Å². The van der Waals surface area contributed by atoms with Crippen LogP contribution in [0.3, 0.4) is 0 Å². The molecule has 0 bridgehead atoms. The average Bonchev–Trinajstić information content (AvgIpc) is 3.00. The van der Waals surface area contributed by atoms with Gasteiger partial charge in [-0.2, -0.15) is 0 Å². The normalized spacial score (nSPS) is 17.3. The van der Waals surface area contributed by atoms with Crippen molar-refractivity contribution in [1.29, 1.82) is 0 Å². The van der Waals surface area contributed by atoms with Gasteiger partial charge >= 0.3 is 0 Å². The third-order valence-corrected chi connectivity index (χ3v) is 8.29. The van der Waals surface area contributed by atoms with Crippen LogP contribution in [0.2, 0.25) is 0 Å². The molecule has 0 spiro atoms. The Kier molecular flexibility index (Phi) is 15.4. The Bertz CT molecular complexity index is 1070. The molecule has 1 aliphatic heterocycles. The molecule has 1 unspecified atom stereocenters. The maximum Gasteiger partial charge on any atom is 0.261 e. The Labute approximate surface area is 249 Å². The number of quaternary nitrogens is 1. The number of methoxy groups -OCH3 is 2. The summed E-state index contributed by atoms with van der Waals surface area (Å²) in [5, 5.41) is 0. The van der Waals surface area contributed by atoms with E-state index in [0.717, 1.165) is 12.1 Å². The highest BCUT2D eigenvalue weighted by atomic mass is 16.5. The number of benzene rings is 1. The Hall–Kier alpha value is -2.85. The molecule has 0 amide bonds. The minimum Gasteiger partial charge on any atom is -0.492 e. The van der Waals surface area contributed by atoms with Gasteiger partial charge in [0.1, 0.15) is 5.69 Å². The van der Waals surface area contributed by atoms with Gasteiger partial charge in [0.05, 0.1) is 27.0 Å². The number of ketones is 1. The summed E-state index contributed by atoms with van der Waals surface area (Å²) in [7, 11) is 3.02. The molecule has 41 heavy (non-hydrogen) atoms. The largest absolute Gasteiger partial charge is 0.492 e. The quantitative estimate of drug-likeness (QED) is 0.162. The van der Waals surface area contributed by atoms with E-state index in [1.807, 2.05) is 6.08 Å². The van der Waals surface area contributed by atoms with Gasteiger partial charge in [-0.1, -0.05) is 121 Å². The number of hydrogen-bond donors (Lipinski definition) is 1. The monoisotopic (exact) mass is 560 g/mol. The summed E-state index contributed by atoms with van der Waals surface area (Å²) in [6.45, 7) is 3.42. The number of fused-ring (bicyclic) bond motifs is 1. The molecule has 1 aromatic carbocycles. The molecule has 4 heteroatoms. The van der Waals surface area contributed by atoms with Crippen molar-refractivity contribution >= 4 is 17.0 Å². The first-order valence-corrected chi connectivity index (χ1v) is 16.3. The average molecular weight is 561 g/mol. The summed E-state index contributed by atoms with van der Waals surface area (Å²) >= 11 is 0. The van der Waals surface area contributed by atoms with Gasteiger partial charge in [0.15, 0.2) is 11.5 Å². The maximum absolute atomic E-state index is 12.3. The standard InChI is InChI=1S/C37H53NO3/c1-4-5-6-7-8-9-10-11-12-13-14-15-16-17-18-21-27-38-28-26-32(33-22-19-20-23-34(33)38)25-24-31-29-35(40-2)37(39)36(30-31)41-3/h19-20,22-26,28-30H,4-18,21,27H2,1-3H3/p+1. The molecule has 1 N–H and O–H groups in total. The maximum atomic E-state index is 12.3. The molecule has 1 aromatic rings. The zero-order chi connectivity index (χ0) is 29.1. The third kappa shape index (κ3) is 11.2. The highest BCUT2D eigenvalue weighted by Crippen LogP contribution is 2.26. The Balaban J connectivity index is 1.36. The van der Waals surface area contributed by atoms with Crippen molar-refractivity contribution in [3.63, 3.8) is 0 Å². The number of hydrogen-bond acceptors (Lipinski definition) is 3. The molecule has 0 fully saturated rings. The van der Waals surface area contributed by atoms with Crippen molar-refractivity contribution in [2.45, 2.75) is 110 Å². The van der Waals surface area contributed by atoms with Gasteiger partial charge in [-0.15, -0.1) is 0 Å². The predicted molar refractivity (Wildman–Crippen MR) is 172 cm³/mol. The number of carbonyl (C=O) groups excluding carboxylic acids is 1. The van der Waals surface area contributed by atoms with Crippen LogP contribution < -0.4 is 4.90 Å². The number of nitrogens with one attached hydrogen (secondary N) is 1. The van der Waals surface area contributed by atoms with E-state index in [1.165, 1.54) is 139 Å². The lowest BCUT2D eigenvalue weighted by atomic mass is 9.98. The minimum absolute atomic E-state index is 0.226. The van der Waals surface area contributed by atoms with E-state index in [4.69, 9.17) is 9.47 Å². The first-order chi connectivity index (χ1) is 20.2. The van der Waals surface area contributed by atoms with Crippen LogP contribution >= 0.6 is 0 Å². The van der Waals surface area contributed by atoms with Crippen LogP contribution in [0, 0.1) is 0 Å². The van der Waals surface area contributed by atoms with Crippen molar-refractivity contribution in [2.75, 3.05) is 20.8 Å². The van der Waals surface area contributed by atoms with Crippen LogP contribution in [0.5, 0.6) is 0 Å². The van der Waals surface area contributed by atoms with E-state index < -0.39 is 0 Å². The number of carbonyl (C=O) groups is 1. The van der Waals surface area contributed by atoms with E-state index in [9.17, 15) is 4.79 Å². The number of rotatable bonds is 20. The molecule has 0 radical (unpaired) electrons. The van der Waals surface area contributed by atoms with Gasteiger partial charge in [0, 0.05) is 11.6 Å². The number of unbranched alkanes of at least 4 members (excludes halogenated alkanes) is 15. The van der Waals surface area contributed by atoms with Crippen LogP contribution in [-0.4, -0.2) is 26.5 Å². The lowest BCUT2D eigenvalue weighted by Gasteiger charge is -2.22. The van der Waals surface area contributed by atoms with Crippen LogP contribution in [0.4, 0.5) is 5.69 Å². The fraction of sp³-hybridized carbons (Fsp3) is 0.541. The highest BCUT2D eigenvalue weighted by molar-refractivity contribution is 6.07. The summed E-state index contributed by atoms with van der Waals surface area (Å²) in [5.74, 6) is 0.363. The van der Waals surface area contributed by atoms with Crippen LogP contribution in [0.1, 0.15) is 115 Å².